The summed E-state index contributed by atoms with van der Waals surface area (Å²) in [6, 6.07) is 4.82. The van der Waals surface area contributed by atoms with Crippen molar-refractivity contribution in [1.29, 1.82) is 0 Å². The maximum Gasteiger partial charge on any atom is 0.129 e. The quantitative estimate of drug-likeness (QED) is 0.897. The highest BCUT2D eigenvalue weighted by molar-refractivity contribution is 5.44. The van der Waals surface area contributed by atoms with Crippen LogP contribution in [0.3, 0.4) is 0 Å². The van der Waals surface area contributed by atoms with Gasteiger partial charge in [0.25, 0.3) is 0 Å². The van der Waals surface area contributed by atoms with E-state index in [4.69, 9.17) is 9.72 Å². The van der Waals surface area contributed by atoms with Crippen molar-refractivity contribution in [3.63, 3.8) is 0 Å². The van der Waals surface area contributed by atoms with Gasteiger partial charge in [-0.05, 0) is 44.5 Å². The Balaban J connectivity index is 2.22. The highest BCUT2D eigenvalue weighted by atomic mass is 16.5. The number of nitrogens with zero attached hydrogens (tertiary/aromatic N) is 2. The molecule has 0 aromatic carbocycles. The van der Waals surface area contributed by atoms with Gasteiger partial charge in [0.1, 0.15) is 5.82 Å². The number of aryl methyl sites for hydroxylation is 1. The van der Waals surface area contributed by atoms with E-state index in [0.717, 1.165) is 44.2 Å². The summed E-state index contributed by atoms with van der Waals surface area (Å²) in [6.45, 7) is 12.2. The minimum absolute atomic E-state index is 0.275. The molecule has 0 saturated carbocycles. The molecule has 2 unspecified atom stereocenters. The fourth-order valence-corrected chi connectivity index (χ4v) is 2.70. The zero-order chi connectivity index (χ0) is 14.5. The molecule has 20 heavy (non-hydrogen) atoms. The predicted molar refractivity (Wildman–Crippen MR) is 83.2 cm³/mol. The van der Waals surface area contributed by atoms with Crippen molar-refractivity contribution >= 4 is 5.82 Å². The lowest BCUT2D eigenvalue weighted by atomic mass is 10.1. The van der Waals surface area contributed by atoms with E-state index in [-0.39, 0.29) is 6.10 Å². The molecule has 4 heteroatoms. The van der Waals surface area contributed by atoms with Gasteiger partial charge in [0, 0.05) is 18.8 Å². The first kappa shape index (κ1) is 15.3. The lowest BCUT2D eigenvalue weighted by Crippen LogP contribution is -2.49. The van der Waals surface area contributed by atoms with Crippen LogP contribution in [0.5, 0.6) is 0 Å². The van der Waals surface area contributed by atoms with Gasteiger partial charge in [-0.1, -0.05) is 13.8 Å². The van der Waals surface area contributed by atoms with Gasteiger partial charge in [0.15, 0.2) is 0 Å². The van der Waals surface area contributed by atoms with Crippen molar-refractivity contribution in [2.24, 2.45) is 0 Å². The number of rotatable bonds is 5. The highest BCUT2D eigenvalue weighted by Crippen LogP contribution is 2.23. The molecule has 0 amide bonds. The normalized spacial score (nSPS) is 23.1. The topological polar surface area (TPSA) is 37.4 Å². The van der Waals surface area contributed by atoms with E-state index in [1.165, 1.54) is 5.56 Å². The van der Waals surface area contributed by atoms with Crippen LogP contribution in [0.1, 0.15) is 38.4 Å². The van der Waals surface area contributed by atoms with E-state index < -0.39 is 0 Å². The third-order valence-electron chi connectivity index (χ3n) is 3.81. The third kappa shape index (κ3) is 3.70. The summed E-state index contributed by atoms with van der Waals surface area (Å²) in [5.74, 6) is 1.10. The molecule has 4 nitrogen and oxygen atoms in total. The molecule has 2 heterocycles. The van der Waals surface area contributed by atoms with E-state index in [0.29, 0.717) is 6.04 Å². The third-order valence-corrected chi connectivity index (χ3v) is 3.81. The minimum atomic E-state index is 0.275. The van der Waals surface area contributed by atoms with Gasteiger partial charge in [0.05, 0.1) is 18.8 Å². The second-order valence-electron chi connectivity index (χ2n) is 5.61. The van der Waals surface area contributed by atoms with Crippen LogP contribution >= 0.6 is 0 Å². The number of anilines is 1. The SMILES string of the molecule is CCNCc1cc(C)nc(N2CC(C)OCC2CC)c1. The molecule has 0 aliphatic carbocycles. The van der Waals surface area contributed by atoms with Crippen molar-refractivity contribution in [1.82, 2.24) is 10.3 Å². The van der Waals surface area contributed by atoms with Gasteiger partial charge in [-0.2, -0.15) is 0 Å². The van der Waals surface area contributed by atoms with E-state index in [9.17, 15) is 0 Å². The smallest absolute Gasteiger partial charge is 0.129 e. The molecular formula is C16H27N3O. The number of pyridine rings is 1. The molecule has 1 aromatic heterocycles. The Labute approximate surface area is 122 Å². The molecule has 1 fully saturated rings. The average molecular weight is 277 g/mol. The summed E-state index contributed by atoms with van der Waals surface area (Å²) in [5.41, 5.74) is 2.40. The lowest BCUT2D eigenvalue weighted by molar-refractivity contribution is 0.0296. The summed E-state index contributed by atoms with van der Waals surface area (Å²) in [5, 5.41) is 3.38. The lowest BCUT2D eigenvalue weighted by Gasteiger charge is -2.39. The van der Waals surface area contributed by atoms with E-state index in [1.807, 2.05) is 0 Å². The van der Waals surface area contributed by atoms with Crippen LogP contribution < -0.4 is 10.2 Å². The Morgan fingerprint density at radius 1 is 1.40 bits per heavy atom. The van der Waals surface area contributed by atoms with Gasteiger partial charge < -0.3 is 15.0 Å². The van der Waals surface area contributed by atoms with Crippen LogP contribution in [0.4, 0.5) is 5.82 Å². The molecule has 1 aromatic rings. The number of aromatic nitrogens is 1. The summed E-state index contributed by atoms with van der Waals surface area (Å²) in [4.78, 5) is 7.15. The first-order chi connectivity index (χ1) is 9.63. The van der Waals surface area contributed by atoms with Crippen LogP contribution in [-0.4, -0.2) is 36.8 Å². The molecular weight excluding hydrogens is 250 g/mol. The highest BCUT2D eigenvalue weighted by Gasteiger charge is 2.26. The van der Waals surface area contributed by atoms with Gasteiger partial charge in [0.2, 0.25) is 0 Å². The average Bonchev–Trinajstić information content (AvgIpc) is 2.44. The Morgan fingerprint density at radius 3 is 2.90 bits per heavy atom. The summed E-state index contributed by atoms with van der Waals surface area (Å²) in [7, 11) is 0. The van der Waals surface area contributed by atoms with Crippen molar-refractivity contribution < 1.29 is 4.74 Å². The molecule has 1 aliphatic heterocycles. The van der Waals surface area contributed by atoms with E-state index in [1.54, 1.807) is 0 Å². The molecule has 112 valence electrons. The molecule has 2 rings (SSSR count). The number of hydrogen-bond donors (Lipinski definition) is 1. The standard InChI is InChI=1S/C16H27N3O/c1-5-15-11-20-13(4)10-19(15)16-8-14(9-17-6-2)7-12(3)18-16/h7-8,13,15,17H,5-6,9-11H2,1-4H3. The molecule has 1 N–H and O–H groups in total. The number of morpholine rings is 1. The number of nitrogens with one attached hydrogen (secondary N) is 1. The van der Waals surface area contributed by atoms with Gasteiger partial charge >= 0.3 is 0 Å². The molecule has 0 bridgehead atoms. The van der Waals surface area contributed by atoms with Gasteiger partial charge in [-0.3, -0.25) is 0 Å². The molecule has 2 atom stereocenters. The molecule has 1 aliphatic rings. The molecule has 1 saturated heterocycles. The summed E-state index contributed by atoms with van der Waals surface area (Å²) >= 11 is 0. The van der Waals surface area contributed by atoms with E-state index >= 15 is 0 Å². The van der Waals surface area contributed by atoms with Crippen LogP contribution in [0.25, 0.3) is 0 Å². The number of hydrogen-bond acceptors (Lipinski definition) is 4. The Kier molecular flexibility index (Phi) is 5.38. The number of ether oxygens (including phenoxy) is 1. The van der Waals surface area contributed by atoms with Crippen molar-refractivity contribution in [3.05, 3.63) is 23.4 Å². The van der Waals surface area contributed by atoms with Crippen molar-refractivity contribution in [2.45, 2.75) is 52.8 Å². The minimum Gasteiger partial charge on any atom is -0.375 e. The van der Waals surface area contributed by atoms with Gasteiger partial charge in [-0.25, -0.2) is 4.98 Å². The first-order valence-corrected chi connectivity index (χ1v) is 7.70. The van der Waals surface area contributed by atoms with Crippen molar-refractivity contribution in [3.8, 4) is 0 Å². The summed E-state index contributed by atoms with van der Waals surface area (Å²) < 4.78 is 5.78. The second-order valence-corrected chi connectivity index (χ2v) is 5.61. The summed E-state index contributed by atoms with van der Waals surface area (Å²) in [6.07, 6.45) is 1.36. The maximum atomic E-state index is 5.78. The Hall–Kier alpha value is -1.13. The monoisotopic (exact) mass is 277 g/mol. The molecule has 0 radical (unpaired) electrons. The maximum absolute atomic E-state index is 5.78. The van der Waals surface area contributed by atoms with Crippen LogP contribution in [-0.2, 0) is 11.3 Å². The first-order valence-electron chi connectivity index (χ1n) is 7.70. The Bertz CT molecular complexity index is 436. The zero-order valence-electron chi connectivity index (χ0n) is 13.1. The predicted octanol–water partition coefficient (Wildman–Crippen LogP) is 2.50. The van der Waals surface area contributed by atoms with Crippen LogP contribution in [0.15, 0.2) is 12.1 Å². The zero-order valence-corrected chi connectivity index (χ0v) is 13.1. The van der Waals surface area contributed by atoms with Crippen LogP contribution in [0.2, 0.25) is 0 Å². The Morgan fingerprint density at radius 2 is 2.20 bits per heavy atom. The fourth-order valence-electron chi connectivity index (χ4n) is 2.70. The fraction of sp³-hybridized carbons (Fsp3) is 0.688. The molecule has 0 spiro atoms. The van der Waals surface area contributed by atoms with E-state index in [2.05, 4.69) is 50.0 Å². The largest absolute Gasteiger partial charge is 0.375 e. The van der Waals surface area contributed by atoms with Crippen molar-refractivity contribution in [2.75, 3.05) is 24.6 Å². The van der Waals surface area contributed by atoms with Gasteiger partial charge in [-0.15, -0.1) is 0 Å². The van der Waals surface area contributed by atoms with Crippen LogP contribution in [0, 0.1) is 6.92 Å². The second kappa shape index (κ2) is 7.04.